The van der Waals surface area contributed by atoms with Gasteiger partial charge < -0.3 is 40.3 Å². The number of nitrogens with zero attached hydrogens (tertiary/aromatic N) is 4. The summed E-state index contributed by atoms with van der Waals surface area (Å²) in [5.41, 5.74) is 5.86. The Balaban J connectivity index is 0.00000363. The molecule has 3 heterocycles. The Morgan fingerprint density at radius 2 is 1.72 bits per heavy atom. The van der Waals surface area contributed by atoms with Crippen LogP contribution in [0.1, 0.15) is 6.23 Å². The smallest absolute Gasteiger partial charge is 0.851 e. The van der Waals surface area contributed by atoms with Gasteiger partial charge in [0.1, 0.15) is 18.1 Å². The number of rotatable bonds is 8. The van der Waals surface area contributed by atoms with Crippen molar-refractivity contribution in [1.82, 2.24) is 19.5 Å². The van der Waals surface area contributed by atoms with Gasteiger partial charge in [-0.3, -0.25) is 9.09 Å². The Bertz CT molecular complexity index is 1110. The van der Waals surface area contributed by atoms with Gasteiger partial charge in [0.2, 0.25) is 0 Å². The van der Waals surface area contributed by atoms with Crippen LogP contribution >= 0.6 is 23.5 Å². The van der Waals surface area contributed by atoms with Crippen LogP contribution in [-0.2, 0) is 31.6 Å². The van der Waals surface area contributed by atoms with Crippen LogP contribution in [0, 0.1) is 0 Å². The first kappa shape index (κ1) is 27.6. The Morgan fingerprint density at radius 1 is 1.06 bits per heavy atom. The average Bonchev–Trinajstić information content (AvgIpc) is 3.13. The van der Waals surface area contributed by atoms with Crippen molar-refractivity contribution < 1.29 is 61.4 Å². The maximum atomic E-state index is 12.4. The zero-order valence-corrected chi connectivity index (χ0v) is 19.6. The van der Waals surface area contributed by atoms with E-state index < -0.39 is 54.6 Å². The van der Waals surface area contributed by atoms with Crippen LogP contribution < -0.4 is 15.9 Å². The van der Waals surface area contributed by atoms with Gasteiger partial charge in [-0.2, -0.15) is 8.62 Å². The van der Waals surface area contributed by atoms with Crippen LogP contribution in [-0.4, -0.2) is 87.1 Å². The molecular formula is C10H14MgN5O13P3. The molecule has 1 aliphatic rings. The fraction of sp³-hybridized carbons (Fsp3) is 0.500. The molecule has 22 heteroatoms. The molecule has 0 amide bonds. The van der Waals surface area contributed by atoms with Gasteiger partial charge in [0.25, 0.3) is 0 Å². The second-order valence-electron chi connectivity index (χ2n) is 5.96. The van der Waals surface area contributed by atoms with Crippen LogP contribution in [0.15, 0.2) is 12.7 Å². The molecule has 0 aliphatic carbocycles. The van der Waals surface area contributed by atoms with Crippen LogP contribution in [0.2, 0.25) is 0 Å². The second-order valence-corrected chi connectivity index (χ2v) is 10.4. The molecule has 3 rings (SSSR count). The molecule has 6 atom stereocenters. The third-order valence-electron chi connectivity index (χ3n) is 3.76. The van der Waals surface area contributed by atoms with Gasteiger partial charge >= 0.3 is 46.5 Å². The number of nitrogens with two attached hydrogens (primary N) is 1. The quantitative estimate of drug-likeness (QED) is 0.165. The topological polar surface area (TPSA) is 285 Å². The summed E-state index contributed by atoms with van der Waals surface area (Å²) in [5, 5.41) is 24.6. The van der Waals surface area contributed by atoms with Gasteiger partial charge in [-0.25, -0.2) is 28.6 Å². The number of ether oxygens (including phenoxy) is 1. The van der Waals surface area contributed by atoms with Crippen LogP contribution in [0.5, 0.6) is 0 Å². The number of nitrogen functional groups attached to an aromatic ring is 1. The van der Waals surface area contributed by atoms with Crippen molar-refractivity contribution in [3.8, 4) is 0 Å². The molecule has 6 N–H and O–H groups in total. The van der Waals surface area contributed by atoms with Crippen LogP contribution in [0.3, 0.4) is 0 Å². The Morgan fingerprint density at radius 3 is 2.34 bits per heavy atom. The molecule has 18 nitrogen and oxygen atoms in total. The summed E-state index contributed by atoms with van der Waals surface area (Å²) in [6.07, 6.45) is -4.86. The molecule has 1 aliphatic heterocycles. The minimum atomic E-state index is -5.73. The van der Waals surface area contributed by atoms with E-state index in [0.29, 0.717) is 0 Å². The molecular weight excluding hydrogens is 515 g/mol. The minimum absolute atomic E-state index is 0. The zero-order valence-electron chi connectivity index (χ0n) is 15.5. The summed E-state index contributed by atoms with van der Waals surface area (Å²) >= 11 is 0. The van der Waals surface area contributed by atoms with Crippen molar-refractivity contribution >= 4 is 63.5 Å². The molecule has 0 spiro atoms. The third-order valence-corrected chi connectivity index (χ3v) is 7.57. The van der Waals surface area contributed by atoms with E-state index in [9.17, 15) is 28.8 Å². The number of aromatic nitrogens is 4. The zero-order chi connectivity index (χ0) is 23.2. The van der Waals surface area contributed by atoms with Crippen molar-refractivity contribution in [3.05, 3.63) is 12.7 Å². The second kappa shape index (κ2) is 9.95. The molecule has 2 aromatic heterocycles. The molecule has 2 unspecified atom stereocenters. The number of hydrogen-bond acceptors (Lipinski definition) is 13. The molecule has 0 radical (unpaired) electrons. The number of phosphoric ester groups is 1. The molecule has 1 fully saturated rings. The monoisotopic (exact) mass is 529 g/mol. The van der Waals surface area contributed by atoms with E-state index >= 15 is 0 Å². The van der Waals surface area contributed by atoms with Crippen LogP contribution in [0.25, 0.3) is 11.2 Å². The Labute approximate surface area is 193 Å². The number of imidazole rings is 1. The maximum absolute atomic E-state index is 12.4. The number of fused-ring (bicyclic) bond motifs is 1. The summed E-state index contributed by atoms with van der Waals surface area (Å²) in [5.74, 6) is 0.00655. The molecule has 0 saturated carbocycles. The van der Waals surface area contributed by atoms with E-state index in [1.807, 2.05) is 0 Å². The largest absolute Gasteiger partial charge is 2.00 e. The molecule has 0 bridgehead atoms. The summed E-state index contributed by atoms with van der Waals surface area (Å²) in [7, 11) is -16.8. The SMILES string of the molecule is Nc1ncnc2c1ncn2[C@@H]1O[C@H](COP(=O)(O)OP(=O)(O)OP(=O)(O)O)[C@H]([O-])[C@H]1[O-].[Mg+2]. The Hall–Kier alpha value is -0.594. The normalized spacial score (nSPS) is 27.6. The summed E-state index contributed by atoms with van der Waals surface area (Å²) in [4.78, 5) is 47.0. The fourth-order valence-corrected chi connectivity index (χ4v) is 5.62. The van der Waals surface area contributed by atoms with Crippen molar-refractivity contribution in [3.63, 3.8) is 0 Å². The fourth-order valence-electron chi connectivity index (χ4n) is 2.59. The standard InChI is InChI=1S/C10H14N5O13P3.Mg/c11-8-5-9(13-2-12-8)15(3-14-5)10-7(17)6(16)4(26-10)1-25-30(21,22)28-31(23,24)27-29(18,19)20;/h2-4,6-7,10H,1H2,(H,21,22)(H,23,24)(H2,11,12,13)(H2,18,19,20);/q-2;+2/t4-,6+,7-,10-;/m1./s1. The molecule has 32 heavy (non-hydrogen) atoms. The van der Waals surface area contributed by atoms with E-state index in [2.05, 4.69) is 28.1 Å². The first-order valence-electron chi connectivity index (χ1n) is 7.87. The third kappa shape index (κ3) is 6.50. The molecule has 2 aromatic rings. The maximum Gasteiger partial charge on any atom is 2.00 e. The number of hydrogen-bond donors (Lipinski definition) is 5. The average molecular weight is 529 g/mol. The van der Waals surface area contributed by atoms with Crippen molar-refractivity contribution in [2.45, 2.75) is 24.5 Å². The minimum Gasteiger partial charge on any atom is -0.851 e. The number of anilines is 1. The Kier molecular flexibility index (Phi) is 8.60. The van der Waals surface area contributed by atoms with Crippen molar-refractivity contribution in [2.24, 2.45) is 0 Å². The first-order valence-corrected chi connectivity index (χ1v) is 12.4. The van der Waals surface area contributed by atoms with Gasteiger partial charge in [0.15, 0.2) is 11.5 Å². The van der Waals surface area contributed by atoms with Crippen molar-refractivity contribution in [1.29, 1.82) is 0 Å². The molecule has 174 valence electrons. The van der Waals surface area contributed by atoms with E-state index in [1.54, 1.807) is 0 Å². The van der Waals surface area contributed by atoms with E-state index in [-0.39, 0.29) is 40.0 Å². The van der Waals surface area contributed by atoms with Gasteiger partial charge in [-0.15, -0.1) is 6.10 Å². The van der Waals surface area contributed by atoms with E-state index in [0.717, 1.165) is 17.2 Å². The first-order chi connectivity index (χ1) is 14.2. The summed E-state index contributed by atoms with van der Waals surface area (Å²) in [6, 6.07) is 0. The molecule has 1 saturated heterocycles. The molecule has 0 aromatic carbocycles. The van der Waals surface area contributed by atoms with Crippen LogP contribution in [0.4, 0.5) is 5.82 Å². The van der Waals surface area contributed by atoms with Gasteiger partial charge in [0, 0.05) is 0 Å². The van der Waals surface area contributed by atoms with Gasteiger partial charge in [-0.1, -0.05) is 6.10 Å². The van der Waals surface area contributed by atoms with Gasteiger partial charge in [-0.05, 0) is 0 Å². The van der Waals surface area contributed by atoms with Crippen molar-refractivity contribution in [2.75, 3.05) is 12.3 Å². The van der Waals surface area contributed by atoms with E-state index in [1.165, 1.54) is 0 Å². The van der Waals surface area contributed by atoms with Gasteiger partial charge in [0.05, 0.1) is 19.0 Å². The predicted molar refractivity (Wildman–Crippen MR) is 96.8 cm³/mol. The summed E-state index contributed by atoms with van der Waals surface area (Å²) in [6.45, 7) is -1.06. The van der Waals surface area contributed by atoms with E-state index in [4.69, 9.17) is 25.2 Å². The summed E-state index contributed by atoms with van der Waals surface area (Å²) < 4.78 is 51.5. The number of phosphoric acid groups is 3. The predicted octanol–water partition coefficient (Wildman–Crippen LogP) is -3.27.